The second kappa shape index (κ2) is 11.0. The van der Waals surface area contributed by atoms with Gasteiger partial charge in [0.1, 0.15) is 0 Å². The van der Waals surface area contributed by atoms with Crippen LogP contribution in [0.25, 0.3) is 0 Å². The quantitative estimate of drug-likeness (QED) is 0.316. The number of nitrogens with one attached hydrogen (secondary N) is 3. The van der Waals surface area contributed by atoms with Crippen molar-refractivity contribution in [1.29, 1.82) is 0 Å². The zero-order valence-electron chi connectivity index (χ0n) is 17.5. The van der Waals surface area contributed by atoms with Crippen LogP contribution in [0, 0.1) is 0 Å². The van der Waals surface area contributed by atoms with Crippen molar-refractivity contribution >= 4 is 51.7 Å². The monoisotopic (exact) mass is 495 g/mol. The molecule has 3 heterocycles. The Hall–Kier alpha value is -3.27. The van der Waals surface area contributed by atoms with Gasteiger partial charge < -0.3 is 16.0 Å². The Morgan fingerprint density at radius 1 is 0.545 bits per heavy atom. The fraction of sp³-hybridized carbons (Fsp3) is 0.125. The molecule has 4 rings (SSSR count). The Labute approximate surface area is 203 Å². The molecule has 3 amide bonds. The van der Waals surface area contributed by atoms with Crippen LogP contribution < -0.4 is 16.0 Å². The summed E-state index contributed by atoms with van der Waals surface area (Å²) < 4.78 is 0. The van der Waals surface area contributed by atoms with E-state index in [1.807, 2.05) is 52.5 Å². The Morgan fingerprint density at radius 2 is 0.848 bits per heavy atom. The van der Waals surface area contributed by atoms with E-state index >= 15 is 0 Å². The SMILES string of the molecule is O=C(NCc1cccs1)c1cc(C(=O)NCc2cccs2)cc(C(=O)NCc2cccs2)c1. The molecule has 3 aromatic heterocycles. The van der Waals surface area contributed by atoms with Crippen LogP contribution in [0.3, 0.4) is 0 Å². The van der Waals surface area contributed by atoms with Gasteiger partial charge in [-0.05, 0) is 52.5 Å². The molecular weight excluding hydrogens is 474 g/mol. The molecule has 6 nitrogen and oxygen atoms in total. The van der Waals surface area contributed by atoms with E-state index in [0.717, 1.165) is 14.6 Å². The highest BCUT2D eigenvalue weighted by Gasteiger charge is 2.17. The zero-order valence-corrected chi connectivity index (χ0v) is 19.9. The molecule has 0 atom stereocenters. The van der Waals surface area contributed by atoms with Crippen LogP contribution in [-0.4, -0.2) is 17.7 Å². The van der Waals surface area contributed by atoms with Gasteiger partial charge >= 0.3 is 0 Å². The molecule has 1 aromatic carbocycles. The Bertz CT molecular complexity index is 1050. The van der Waals surface area contributed by atoms with Crippen LogP contribution in [0.2, 0.25) is 0 Å². The first kappa shape index (κ1) is 22.9. The van der Waals surface area contributed by atoms with E-state index in [9.17, 15) is 14.4 Å². The standard InChI is InChI=1S/C24H21N3O3S3/c28-22(25-13-19-4-1-7-31-19)16-10-17(23(29)26-14-20-5-2-8-32-20)12-18(11-16)24(30)27-15-21-6-3-9-33-21/h1-12H,13-15H2,(H,25,28)(H,26,29)(H,27,30). The molecule has 33 heavy (non-hydrogen) atoms. The predicted octanol–water partition coefficient (Wildman–Crippen LogP) is 4.66. The second-order valence-corrected chi connectivity index (χ2v) is 10.2. The molecule has 0 aliphatic rings. The van der Waals surface area contributed by atoms with Crippen LogP contribution in [0.15, 0.2) is 70.7 Å². The largest absolute Gasteiger partial charge is 0.347 e. The Morgan fingerprint density at radius 3 is 1.09 bits per heavy atom. The van der Waals surface area contributed by atoms with Gasteiger partial charge in [-0.3, -0.25) is 14.4 Å². The van der Waals surface area contributed by atoms with E-state index in [1.54, 1.807) is 34.0 Å². The third kappa shape index (κ3) is 6.38. The van der Waals surface area contributed by atoms with Gasteiger partial charge in [-0.25, -0.2) is 0 Å². The summed E-state index contributed by atoms with van der Waals surface area (Å²) in [4.78, 5) is 41.5. The van der Waals surface area contributed by atoms with Crippen molar-refractivity contribution < 1.29 is 14.4 Å². The Balaban J connectivity index is 1.52. The molecule has 0 aliphatic heterocycles. The van der Waals surface area contributed by atoms with E-state index in [2.05, 4.69) is 16.0 Å². The normalized spacial score (nSPS) is 10.5. The maximum absolute atomic E-state index is 12.8. The molecule has 0 spiro atoms. The van der Waals surface area contributed by atoms with Crippen LogP contribution in [0.1, 0.15) is 45.7 Å². The van der Waals surface area contributed by atoms with Crippen molar-refractivity contribution in [2.45, 2.75) is 19.6 Å². The molecule has 4 aromatic rings. The summed E-state index contributed by atoms with van der Waals surface area (Å²) in [5.41, 5.74) is 0.782. The smallest absolute Gasteiger partial charge is 0.251 e. The number of hydrogen-bond donors (Lipinski definition) is 3. The molecule has 9 heteroatoms. The number of rotatable bonds is 9. The summed E-state index contributed by atoms with van der Waals surface area (Å²) in [5, 5.41) is 14.4. The molecule has 0 unspecified atom stereocenters. The number of amides is 3. The van der Waals surface area contributed by atoms with Gasteiger partial charge in [-0.2, -0.15) is 0 Å². The summed E-state index contributed by atoms with van der Waals surface area (Å²) in [6, 6.07) is 16.1. The van der Waals surface area contributed by atoms with E-state index in [-0.39, 0.29) is 34.4 Å². The first-order valence-corrected chi connectivity index (χ1v) is 12.8. The highest BCUT2D eigenvalue weighted by molar-refractivity contribution is 7.10. The molecule has 0 aliphatic carbocycles. The molecule has 3 N–H and O–H groups in total. The zero-order chi connectivity index (χ0) is 23.0. The molecular formula is C24H21N3O3S3. The van der Waals surface area contributed by atoms with E-state index < -0.39 is 0 Å². The maximum atomic E-state index is 12.8. The lowest BCUT2D eigenvalue weighted by atomic mass is 10.0. The summed E-state index contributed by atoms with van der Waals surface area (Å²) in [6.07, 6.45) is 0. The summed E-state index contributed by atoms with van der Waals surface area (Å²) in [5.74, 6) is -1.03. The number of carbonyl (C=O) groups excluding carboxylic acids is 3. The van der Waals surface area contributed by atoms with E-state index in [0.29, 0.717) is 19.6 Å². The molecule has 0 bridgehead atoms. The first-order valence-electron chi connectivity index (χ1n) is 10.2. The third-order valence-corrected chi connectivity index (χ3v) is 7.36. The minimum absolute atomic E-state index is 0.261. The molecule has 0 fully saturated rings. The van der Waals surface area contributed by atoms with Gasteiger partial charge in [0.25, 0.3) is 17.7 Å². The van der Waals surface area contributed by atoms with E-state index in [4.69, 9.17) is 0 Å². The van der Waals surface area contributed by atoms with Crippen LogP contribution in [0.5, 0.6) is 0 Å². The van der Waals surface area contributed by atoms with E-state index in [1.165, 1.54) is 18.2 Å². The van der Waals surface area contributed by atoms with Crippen molar-refractivity contribution in [1.82, 2.24) is 16.0 Å². The van der Waals surface area contributed by atoms with Crippen molar-refractivity contribution in [3.63, 3.8) is 0 Å². The van der Waals surface area contributed by atoms with Crippen LogP contribution in [0.4, 0.5) is 0 Å². The van der Waals surface area contributed by atoms with Crippen molar-refractivity contribution in [2.24, 2.45) is 0 Å². The van der Waals surface area contributed by atoms with Crippen LogP contribution >= 0.6 is 34.0 Å². The fourth-order valence-electron chi connectivity index (χ4n) is 3.07. The number of thiophene rings is 3. The molecule has 168 valence electrons. The topological polar surface area (TPSA) is 87.3 Å². The third-order valence-electron chi connectivity index (χ3n) is 4.73. The number of carbonyl (C=O) groups is 3. The average molecular weight is 496 g/mol. The average Bonchev–Trinajstić information content (AvgIpc) is 3.63. The fourth-order valence-corrected chi connectivity index (χ4v) is 5.00. The van der Waals surface area contributed by atoms with Gasteiger partial charge in [-0.1, -0.05) is 18.2 Å². The molecule has 0 saturated heterocycles. The highest BCUT2D eigenvalue weighted by Crippen LogP contribution is 2.15. The first-order chi connectivity index (χ1) is 16.1. The number of hydrogen-bond acceptors (Lipinski definition) is 6. The predicted molar refractivity (Wildman–Crippen MR) is 133 cm³/mol. The lowest BCUT2D eigenvalue weighted by Crippen LogP contribution is -2.27. The Kier molecular flexibility index (Phi) is 7.66. The van der Waals surface area contributed by atoms with Crippen molar-refractivity contribution in [2.75, 3.05) is 0 Å². The van der Waals surface area contributed by atoms with Crippen LogP contribution in [-0.2, 0) is 19.6 Å². The molecule has 0 radical (unpaired) electrons. The van der Waals surface area contributed by atoms with Crippen molar-refractivity contribution in [3.8, 4) is 0 Å². The second-order valence-electron chi connectivity index (χ2n) is 7.09. The van der Waals surface area contributed by atoms with Gasteiger partial charge in [0.15, 0.2) is 0 Å². The summed E-state index contributed by atoms with van der Waals surface area (Å²) >= 11 is 4.64. The lowest BCUT2D eigenvalue weighted by molar-refractivity contribution is 0.0950. The minimum Gasteiger partial charge on any atom is -0.347 e. The van der Waals surface area contributed by atoms with Gasteiger partial charge in [0, 0.05) is 31.3 Å². The highest BCUT2D eigenvalue weighted by atomic mass is 32.1. The summed E-state index contributed by atoms with van der Waals surface area (Å²) in [6.45, 7) is 1.14. The van der Waals surface area contributed by atoms with Crippen molar-refractivity contribution in [3.05, 3.63) is 102 Å². The van der Waals surface area contributed by atoms with Gasteiger partial charge in [-0.15, -0.1) is 34.0 Å². The number of benzene rings is 1. The van der Waals surface area contributed by atoms with Gasteiger partial charge in [0.05, 0.1) is 19.6 Å². The minimum atomic E-state index is -0.344. The maximum Gasteiger partial charge on any atom is 0.251 e. The lowest BCUT2D eigenvalue weighted by Gasteiger charge is -2.11. The summed E-state index contributed by atoms with van der Waals surface area (Å²) in [7, 11) is 0. The molecule has 0 saturated carbocycles. The van der Waals surface area contributed by atoms with Gasteiger partial charge in [0.2, 0.25) is 0 Å².